The number of nitrogens with two attached hydrogens (primary N) is 1. The molecule has 0 aliphatic rings. The van der Waals surface area contributed by atoms with E-state index >= 15 is 0 Å². The zero-order chi connectivity index (χ0) is 13.0. The zero-order valence-electron chi connectivity index (χ0n) is 10.6. The first-order valence-electron chi connectivity index (χ1n) is 5.80. The van der Waals surface area contributed by atoms with Gasteiger partial charge in [0.2, 0.25) is 0 Å². The van der Waals surface area contributed by atoms with Crippen LogP contribution in [-0.2, 0) is 6.61 Å². The number of aromatic nitrogens is 1. The molecule has 4 nitrogen and oxygen atoms in total. The number of hydrogen-bond donors (Lipinski definition) is 2. The summed E-state index contributed by atoms with van der Waals surface area (Å²) in [6, 6.07) is 9.84. The molecule has 0 amide bonds. The van der Waals surface area contributed by atoms with Crippen LogP contribution in [0.25, 0.3) is 0 Å². The predicted octanol–water partition coefficient (Wildman–Crippen LogP) is 2.56. The molecule has 0 atom stereocenters. The van der Waals surface area contributed by atoms with Gasteiger partial charge < -0.3 is 10.2 Å². The minimum atomic E-state index is 0.500. The van der Waals surface area contributed by atoms with E-state index in [1.165, 1.54) is 11.1 Å². The monoisotopic (exact) mass is 243 g/mol. The van der Waals surface area contributed by atoms with Gasteiger partial charge in [-0.25, -0.2) is 10.8 Å². The van der Waals surface area contributed by atoms with Crippen molar-refractivity contribution in [3.8, 4) is 5.75 Å². The van der Waals surface area contributed by atoms with Crippen molar-refractivity contribution in [2.45, 2.75) is 20.5 Å². The molecular weight excluding hydrogens is 226 g/mol. The molecule has 0 spiro atoms. The molecule has 0 radical (unpaired) electrons. The van der Waals surface area contributed by atoms with Crippen molar-refractivity contribution in [1.82, 2.24) is 4.98 Å². The van der Waals surface area contributed by atoms with Crippen LogP contribution in [0.4, 0.5) is 5.82 Å². The van der Waals surface area contributed by atoms with E-state index in [1.54, 1.807) is 6.20 Å². The second kappa shape index (κ2) is 5.51. The average molecular weight is 243 g/mol. The van der Waals surface area contributed by atoms with Gasteiger partial charge in [0, 0.05) is 6.20 Å². The molecular formula is C14H17N3O. The number of aryl methyl sites for hydroxylation is 2. The molecule has 0 saturated carbocycles. The molecule has 0 fully saturated rings. The predicted molar refractivity (Wildman–Crippen MR) is 72.3 cm³/mol. The second-order valence-corrected chi connectivity index (χ2v) is 4.23. The second-order valence-electron chi connectivity index (χ2n) is 4.23. The lowest BCUT2D eigenvalue weighted by Gasteiger charge is -2.09. The number of hydrogen-bond acceptors (Lipinski definition) is 4. The normalized spacial score (nSPS) is 10.2. The topological polar surface area (TPSA) is 60.2 Å². The van der Waals surface area contributed by atoms with Gasteiger partial charge in [-0.3, -0.25) is 0 Å². The van der Waals surface area contributed by atoms with Gasteiger partial charge in [0.25, 0.3) is 0 Å². The third kappa shape index (κ3) is 2.99. The standard InChI is InChI=1S/C14H17N3O/c1-10-3-4-13(7-11(10)2)18-9-12-5-6-16-14(8-12)17-15/h3-8H,9,15H2,1-2H3,(H,16,17). The van der Waals surface area contributed by atoms with Crippen LogP contribution in [0.5, 0.6) is 5.75 Å². The van der Waals surface area contributed by atoms with Gasteiger partial charge in [0.15, 0.2) is 0 Å². The highest BCUT2D eigenvalue weighted by atomic mass is 16.5. The molecule has 3 N–H and O–H groups in total. The van der Waals surface area contributed by atoms with Crippen LogP contribution in [0, 0.1) is 13.8 Å². The van der Waals surface area contributed by atoms with Gasteiger partial charge in [0.1, 0.15) is 18.2 Å². The molecule has 0 aliphatic carbocycles. The van der Waals surface area contributed by atoms with Crippen molar-refractivity contribution in [2.24, 2.45) is 5.84 Å². The molecule has 4 heteroatoms. The minimum Gasteiger partial charge on any atom is -0.489 e. The van der Waals surface area contributed by atoms with Crippen LogP contribution >= 0.6 is 0 Å². The minimum absolute atomic E-state index is 0.500. The Kier molecular flexibility index (Phi) is 3.79. The molecule has 1 aromatic heterocycles. The molecule has 0 saturated heterocycles. The lowest BCUT2D eigenvalue weighted by Crippen LogP contribution is -2.09. The van der Waals surface area contributed by atoms with Crippen LogP contribution in [0.2, 0.25) is 0 Å². The van der Waals surface area contributed by atoms with Gasteiger partial charge in [-0.1, -0.05) is 6.07 Å². The molecule has 0 bridgehead atoms. The Morgan fingerprint density at radius 1 is 1.17 bits per heavy atom. The Labute approximate surface area is 107 Å². The van der Waals surface area contributed by atoms with Crippen LogP contribution in [0.3, 0.4) is 0 Å². The number of nitrogen functional groups attached to an aromatic ring is 1. The SMILES string of the molecule is Cc1ccc(OCc2ccnc(NN)c2)cc1C. The van der Waals surface area contributed by atoms with Gasteiger partial charge in [-0.15, -0.1) is 0 Å². The van der Waals surface area contributed by atoms with Gasteiger partial charge in [-0.2, -0.15) is 0 Å². The highest BCUT2D eigenvalue weighted by Gasteiger charge is 2.00. The summed E-state index contributed by atoms with van der Waals surface area (Å²) in [6.45, 7) is 4.66. The Morgan fingerprint density at radius 3 is 2.72 bits per heavy atom. The third-order valence-electron chi connectivity index (χ3n) is 2.86. The number of pyridine rings is 1. The fourth-order valence-corrected chi connectivity index (χ4v) is 1.61. The van der Waals surface area contributed by atoms with Crippen molar-refractivity contribution >= 4 is 5.82 Å². The van der Waals surface area contributed by atoms with Crippen molar-refractivity contribution in [2.75, 3.05) is 5.43 Å². The Balaban J connectivity index is 2.04. The van der Waals surface area contributed by atoms with Gasteiger partial charge in [-0.05, 0) is 54.8 Å². The molecule has 1 heterocycles. The summed E-state index contributed by atoms with van der Waals surface area (Å²) in [7, 11) is 0. The smallest absolute Gasteiger partial charge is 0.140 e. The number of rotatable bonds is 4. The van der Waals surface area contributed by atoms with Crippen molar-refractivity contribution in [1.29, 1.82) is 0 Å². The molecule has 2 rings (SSSR count). The first-order chi connectivity index (χ1) is 8.69. The number of ether oxygens (including phenoxy) is 1. The Hall–Kier alpha value is -2.07. The summed E-state index contributed by atoms with van der Waals surface area (Å²) in [5, 5.41) is 0. The molecule has 0 unspecified atom stereocenters. The van der Waals surface area contributed by atoms with E-state index in [2.05, 4.69) is 30.3 Å². The number of anilines is 1. The maximum Gasteiger partial charge on any atom is 0.140 e. The lowest BCUT2D eigenvalue weighted by atomic mass is 10.1. The highest BCUT2D eigenvalue weighted by molar-refractivity contribution is 5.37. The summed E-state index contributed by atoms with van der Waals surface area (Å²) in [5.41, 5.74) is 6.03. The number of hydrazine groups is 1. The first-order valence-corrected chi connectivity index (χ1v) is 5.80. The Morgan fingerprint density at radius 2 is 2.00 bits per heavy atom. The molecule has 18 heavy (non-hydrogen) atoms. The van der Waals surface area contributed by atoms with E-state index in [0.717, 1.165) is 11.3 Å². The maximum absolute atomic E-state index is 5.73. The largest absolute Gasteiger partial charge is 0.489 e. The quantitative estimate of drug-likeness (QED) is 0.640. The first kappa shape index (κ1) is 12.4. The average Bonchev–Trinajstić information content (AvgIpc) is 2.40. The van der Waals surface area contributed by atoms with Crippen LogP contribution < -0.4 is 16.0 Å². The zero-order valence-corrected chi connectivity index (χ0v) is 10.6. The summed E-state index contributed by atoms with van der Waals surface area (Å²) in [4.78, 5) is 4.05. The fraction of sp³-hybridized carbons (Fsp3) is 0.214. The van der Waals surface area contributed by atoms with Crippen molar-refractivity contribution < 1.29 is 4.74 Å². The van der Waals surface area contributed by atoms with E-state index < -0.39 is 0 Å². The summed E-state index contributed by atoms with van der Waals surface area (Å²) >= 11 is 0. The Bertz CT molecular complexity index is 540. The molecule has 2 aromatic rings. The van der Waals surface area contributed by atoms with E-state index in [4.69, 9.17) is 10.6 Å². The van der Waals surface area contributed by atoms with E-state index in [9.17, 15) is 0 Å². The molecule has 1 aromatic carbocycles. The number of nitrogens with one attached hydrogen (secondary N) is 1. The van der Waals surface area contributed by atoms with Crippen LogP contribution in [0.1, 0.15) is 16.7 Å². The van der Waals surface area contributed by atoms with Crippen molar-refractivity contribution in [3.63, 3.8) is 0 Å². The summed E-state index contributed by atoms with van der Waals surface area (Å²) in [5.74, 6) is 6.82. The van der Waals surface area contributed by atoms with Gasteiger partial charge >= 0.3 is 0 Å². The van der Waals surface area contributed by atoms with E-state index in [0.29, 0.717) is 12.4 Å². The highest BCUT2D eigenvalue weighted by Crippen LogP contribution is 2.18. The maximum atomic E-state index is 5.73. The number of nitrogens with zero attached hydrogens (tertiary/aromatic N) is 1. The summed E-state index contributed by atoms with van der Waals surface area (Å²) in [6.07, 6.45) is 1.70. The summed E-state index contributed by atoms with van der Waals surface area (Å²) < 4.78 is 5.73. The molecule has 94 valence electrons. The van der Waals surface area contributed by atoms with E-state index in [-0.39, 0.29) is 0 Å². The molecule has 0 aliphatic heterocycles. The number of benzene rings is 1. The third-order valence-corrected chi connectivity index (χ3v) is 2.86. The lowest BCUT2D eigenvalue weighted by molar-refractivity contribution is 0.306. The van der Waals surface area contributed by atoms with E-state index in [1.807, 2.05) is 24.3 Å². The van der Waals surface area contributed by atoms with Gasteiger partial charge in [0.05, 0.1) is 0 Å². The van der Waals surface area contributed by atoms with Crippen LogP contribution in [0.15, 0.2) is 36.5 Å². The van der Waals surface area contributed by atoms with Crippen LogP contribution in [-0.4, -0.2) is 4.98 Å². The fourth-order valence-electron chi connectivity index (χ4n) is 1.61. The van der Waals surface area contributed by atoms with Crippen molar-refractivity contribution in [3.05, 3.63) is 53.2 Å².